The van der Waals surface area contributed by atoms with Crippen LogP contribution in [0.15, 0.2) is 96.5 Å². The number of Topliss-reactive ketones (excluding diaryl/α,β-unsaturated/α-hetero) is 2. The molecule has 6 nitrogen and oxygen atoms in total. The van der Waals surface area contributed by atoms with E-state index in [1.807, 2.05) is 90.1 Å². The standard InChI is InChI=1S/C33H26N2O4S/c1-2-39-25-15-8-5-12-22(25)29(36)27-28(30(37)26-16-9-19-40-26)35-18-17-20-10-3-4-11-21(20)31(35)33(27)23-13-6-7-14-24(23)34-32(33)38/h3-19,27-28,31H,2H2,1H3,(H,34,38). The van der Waals surface area contributed by atoms with Crippen molar-refractivity contribution in [2.24, 2.45) is 5.92 Å². The first kappa shape index (κ1) is 24.5. The molecule has 198 valence electrons. The summed E-state index contributed by atoms with van der Waals surface area (Å²) >= 11 is 1.34. The molecule has 3 aliphatic rings. The van der Waals surface area contributed by atoms with E-state index in [-0.39, 0.29) is 17.5 Å². The van der Waals surface area contributed by atoms with E-state index in [4.69, 9.17) is 4.74 Å². The lowest BCUT2D eigenvalue weighted by Crippen LogP contribution is -2.49. The van der Waals surface area contributed by atoms with Crippen LogP contribution in [0.1, 0.15) is 49.7 Å². The second kappa shape index (κ2) is 9.31. The van der Waals surface area contributed by atoms with Gasteiger partial charge in [-0.25, -0.2) is 0 Å². The van der Waals surface area contributed by atoms with Crippen molar-refractivity contribution < 1.29 is 19.1 Å². The van der Waals surface area contributed by atoms with Gasteiger partial charge in [0.2, 0.25) is 5.91 Å². The van der Waals surface area contributed by atoms with Gasteiger partial charge in [0, 0.05) is 11.9 Å². The first-order valence-electron chi connectivity index (χ1n) is 13.4. The molecule has 3 aliphatic heterocycles. The summed E-state index contributed by atoms with van der Waals surface area (Å²) in [5, 5.41) is 4.94. The molecule has 1 N–H and O–H groups in total. The zero-order chi connectivity index (χ0) is 27.4. The molecule has 0 saturated carbocycles. The largest absolute Gasteiger partial charge is 0.493 e. The predicted molar refractivity (Wildman–Crippen MR) is 155 cm³/mol. The Morgan fingerprint density at radius 3 is 2.55 bits per heavy atom. The maximum atomic E-state index is 14.9. The molecule has 0 radical (unpaired) electrons. The SMILES string of the molecule is CCOc1ccccc1C(=O)C1C(C(=O)c2cccs2)N2C=Cc3ccccc3C2C12C(=O)Nc1ccccc12. The lowest BCUT2D eigenvalue weighted by atomic mass is 9.62. The molecular formula is C33H26N2O4S. The van der Waals surface area contributed by atoms with E-state index in [0.29, 0.717) is 28.5 Å². The van der Waals surface area contributed by atoms with Gasteiger partial charge < -0.3 is 15.0 Å². The summed E-state index contributed by atoms with van der Waals surface area (Å²) < 4.78 is 5.88. The maximum absolute atomic E-state index is 14.9. The molecule has 1 fully saturated rings. The van der Waals surface area contributed by atoms with Crippen molar-refractivity contribution in [3.8, 4) is 5.75 Å². The van der Waals surface area contributed by atoms with Gasteiger partial charge in [-0.2, -0.15) is 0 Å². The van der Waals surface area contributed by atoms with Gasteiger partial charge in [-0.3, -0.25) is 14.4 Å². The number of carbonyl (C=O) groups is 3. The molecule has 4 aromatic rings. The van der Waals surface area contributed by atoms with Gasteiger partial charge in [0.05, 0.1) is 29.0 Å². The van der Waals surface area contributed by atoms with Crippen LogP contribution in [0.5, 0.6) is 5.75 Å². The molecule has 1 spiro atoms. The number of anilines is 1. The van der Waals surface area contributed by atoms with Crippen LogP contribution in [-0.4, -0.2) is 35.0 Å². The van der Waals surface area contributed by atoms with Crippen molar-refractivity contribution in [3.05, 3.63) is 124 Å². The number of ketones is 2. The summed E-state index contributed by atoms with van der Waals surface area (Å²) in [5.41, 5.74) is 2.28. The van der Waals surface area contributed by atoms with Gasteiger partial charge >= 0.3 is 0 Å². The van der Waals surface area contributed by atoms with Crippen LogP contribution in [-0.2, 0) is 10.2 Å². The topological polar surface area (TPSA) is 75.7 Å². The Kier molecular flexibility index (Phi) is 5.71. The molecular weight excluding hydrogens is 520 g/mol. The van der Waals surface area contributed by atoms with E-state index in [2.05, 4.69) is 5.32 Å². The zero-order valence-corrected chi connectivity index (χ0v) is 22.6. The fraction of sp³-hybridized carbons (Fsp3) is 0.182. The van der Waals surface area contributed by atoms with Gasteiger partial charge in [0.1, 0.15) is 17.2 Å². The van der Waals surface area contributed by atoms with E-state index in [0.717, 1.165) is 16.7 Å². The number of ether oxygens (including phenoxy) is 1. The molecule has 7 heteroatoms. The number of hydrogen-bond acceptors (Lipinski definition) is 6. The molecule has 0 aliphatic carbocycles. The van der Waals surface area contributed by atoms with Gasteiger partial charge in [-0.1, -0.05) is 60.7 Å². The van der Waals surface area contributed by atoms with E-state index >= 15 is 0 Å². The number of para-hydroxylation sites is 2. The quantitative estimate of drug-likeness (QED) is 0.295. The average Bonchev–Trinajstić information content (AvgIpc) is 3.70. The van der Waals surface area contributed by atoms with Crippen LogP contribution in [0.25, 0.3) is 6.08 Å². The summed E-state index contributed by atoms with van der Waals surface area (Å²) in [7, 11) is 0. The summed E-state index contributed by atoms with van der Waals surface area (Å²) in [5.74, 6) is -1.31. The van der Waals surface area contributed by atoms with E-state index in [1.54, 1.807) is 24.3 Å². The molecule has 4 atom stereocenters. The molecule has 0 bridgehead atoms. The lowest BCUT2D eigenvalue weighted by Gasteiger charge is -2.38. The van der Waals surface area contributed by atoms with Crippen LogP contribution >= 0.6 is 11.3 Å². The number of rotatable bonds is 6. The number of fused-ring (bicyclic) bond motifs is 6. The molecule has 4 unspecified atom stereocenters. The molecule has 40 heavy (non-hydrogen) atoms. The highest BCUT2D eigenvalue weighted by Crippen LogP contribution is 2.62. The molecule has 1 amide bonds. The molecule has 1 aromatic heterocycles. The Balaban J connectivity index is 1.55. The third kappa shape index (κ3) is 3.31. The summed E-state index contributed by atoms with van der Waals surface area (Å²) in [6.07, 6.45) is 3.86. The molecule has 4 heterocycles. The summed E-state index contributed by atoms with van der Waals surface area (Å²) in [6.45, 7) is 2.25. The highest BCUT2D eigenvalue weighted by molar-refractivity contribution is 7.12. The second-order valence-electron chi connectivity index (χ2n) is 10.2. The zero-order valence-electron chi connectivity index (χ0n) is 21.7. The van der Waals surface area contributed by atoms with Crippen LogP contribution in [0.3, 0.4) is 0 Å². The molecule has 1 saturated heterocycles. The van der Waals surface area contributed by atoms with Crippen LogP contribution in [0.2, 0.25) is 0 Å². The minimum Gasteiger partial charge on any atom is -0.493 e. The Hall–Kier alpha value is -4.49. The Bertz CT molecular complexity index is 1690. The van der Waals surface area contributed by atoms with Gasteiger partial charge in [-0.15, -0.1) is 11.3 Å². The van der Waals surface area contributed by atoms with Crippen molar-refractivity contribution in [1.82, 2.24) is 4.90 Å². The fourth-order valence-corrected chi connectivity index (χ4v) is 7.55. The van der Waals surface area contributed by atoms with E-state index in [9.17, 15) is 14.4 Å². The predicted octanol–water partition coefficient (Wildman–Crippen LogP) is 6.13. The minimum atomic E-state index is -1.36. The third-order valence-corrected chi connectivity index (χ3v) is 9.22. The Morgan fingerprint density at radius 1 is 0.950 bits per heavy atom. The van der Waals surface area contributed by atoms with Crippen molar-refractivity contribution in [2.45, 2.75) is 24.4 Å². The number of carbonyl (C=O) groups excluding carboxylic acids is 3. The van der Waals surface area contributed by atoms with Crippen LogP contribution < -0.4 is 10.1 Å². The second-order valence-corrected chi connectivity index (χ2v) is 11.2. The number of nitrogens with one attached hydrogen (secondary N) is 1. The van der Waals surface area contributed by atoms with Crippen molar-refractivity contribution in [2.75, 3.05) is 11.9 Å². The highest BCUT2D eigenvalue weighted by Gasteiger charge is 2.71. The number of amides is 1. The highest BCUT2D eigenvalue weighted by atomic mass is 32.1. The minimum absolute atomic E-state index is 0.176. The maximum Gasteiger partial charge on any atom is 0.238 e. The van der Waals surface area contributed by atoms with Gasteiger partial charge in [-0.05, 0) is 59.3 Å². The normalized spacial score (nSPS) is 23.9. The van der Waals surface area contributed by atoms with Crippen molar-refractivity contribution in [1.29, 1.82) is 0 Å². The number of thiophene rings is 1. The average molecular weight is 547 g/mol. The fourth-order valence-electron chi connectivity index (χ4n) is 6.85. The van der Waals surface area contributed by atoms with Gasteiger partial charge in [0.15, 0.2) is 11.6 Å². The first-order valence-corrected chi connectivity index (χ1v) is 14.2. The van der Waals surface area contributed by atoms with Crippen molar-refractivity contribution >= 4 is 40.6 Å². The van der Waals surface area contributed by atoms with Gasteiger partial charge in [0.25, 0.3) is 0 Å². The Morgan fingerprint density at radius 2 is 1.73 bits per heavy atom. The first-order chi connectivity index (χ1) is 19.6. The Labute approximate surface area is 235 Å². The van der Waals surface area contributed by atoms with Crippen molar-refractivity contribution in [3.63, 3.8) is 0 Å². The third-order valence-electron chi connectivity index (χ3n) is 8.34. The van der Waals surface area contributed by atoms with E-state index < -0.39 is 23.4 Å². The monoisotopic (exact) mass is 546 g/mol. The number of benzene rings is 3. The number of hydrogen-bond donors (Lipinski definition) is 1. The van der Waals surface area contributed by atoms with Crippen LogP contribution in [0.4, 0.5) is 5.69 Å². The summed E-state index contributed by atoms with van der Waals surface area (Å²) in [4.78, 5) is 46.3. The smallest absolute Gasteiger partial charge is 0.238 e. The van der Waals surface area contributed by atoms with Crippen LogP contribution in [0, 0.1) is 5.92 Å². The number of nitrogens with zero attached hydrogens (tertiary/aromatic N) is 1. The molecule has 7 rings (SSSR count). The summed E-state index contributed by atoms with van der Waals surface area (Å²) in [6, 6.07) is 24.7. The lowest BCUT2D eigenvalue weighted by molar-refractivity contribution is -0.122. The molecule has 3 aromatic carbocycles. The van der Waals surface area contributed by atoms with E-state index in [1.165, 1.54) is 11.3 Å².